The van der Waals surface area contributed by atoms with Crippen molar-refractivity contribution < 1.29 is 0 Å². The van der Waals surface area contributed by atoms with Crippen LogP contribution in [0.3, 0.4) is 0 Å². The van der Waals surface area contributed by atoms with Crippen LogP contribution >= 0.6 is 0 Å². The van der Waals surface area contributed by atoms with Crippen molar-refractivity contribution in [2.75, 3.05) is 6.54 Å². The number of nitrogens with zero attached hydrogens (tertiary/aromatic N) is 3. The molecule has 0 aromatic carbocycles. The van der Waals surface area contributed by atoms with Gasteiger partial charge in [0, 0.05) is 18.3 Å². The standard InChI is InChI=1S/C16H29N3/c1-7-13(4)10-17-15-14(5)11-19(12-18-15)16(6,8-2)9-3/h10,12-13H,7-9,11H2,1-6H3/b17-10-. The van der Waals surface area contributed by atoms with Gasteiger partial charge in [-0.1, -0.05) is 27.7 Å². The summed E-state index contributed by atoms with van der Waals surface area (Å²) in [6.45, 7) is 14.2. The lowest BCUT2D eigenvalue weighted by molar-refractivity contribution is 0.194. The Kier molecular flexibility index (Phi) is 5.77. The molecule has 3 nitrogen and oxygen atoms in total. The smallest absolute Gasteiger partial charge is 0.153 e. The third-order valence-corrected chi connectivity index (χ3v) is 4.42. The lowest BCUT2D eigenvalue weighted by Crippen LogP contribution is -2.46. The van der Waals surface area contributed by atoms with Crippen molar-refractivity contribution in [3.63, 3.8) is 0 Å². The molecule has 108 valence electrons. The molecule has 0 saturated carbocycles. The van der Waals surface area contributed by atoms with Crippen molar-refractivity contribution in [3.05, 3.63) is 11.4 Å². The van der Waals surface area contributed by atoms with Crippen molar-refractivity contribution >= 4 is 12.6 Å². The zero-order valence-corrected chi connectivity index (χ0v) is 13.4. The second-order valence-corrected chi connectivity index (χ2v) is 5.84. The normalized spacial score (nSPS) is 18.5. The van der Waals surface area contributed by atoms with Crippen LogP contribution in [-0.4, -0.2) is 29.5 Å². The molecule has 1 heterocycles. The van der Waals surface area contributed by atoms with E-state index < -0.39 is 0 Å². The molecule has 0 amide bonds. The van der Waals surface area contributed by atoms with Crippen LogP contribution in [0, 0.1) is 5.92 Å². The molecule has 1 aliphatic heterocycles. The molecule has 0 N–H and O–H groups in total. The maximum Gasteiger partial charge on any atom is 0.153 e. The predicted molar refractivity (Wildman–Crippen MR) is 84.8 cm³/mol. The van der Waals surface area contributed by atoms with Gasteiger partial charge in [0.15, 0.2) is 5.82 Å². The van der Waals surface area contributed by atoms with E-state index in [0.717, 1.165) is 31.6 Å². The topological polar surface area (TPSA) is 28.0 Å². The van der Waals surface area contributed by atoms with Crippen molar-refractivity contribution in [1.82, 2.24) is 4.90 Å². The van der Waals surface area contributed by atoms with Gasteiger partial charge in [-0.15, -0.1) is 0 Å². The third kappa shape index (κ3) is 3.92. The third-order valence-electron chi connectivity index (χ3n) is 4.42. The van der Waals surface area contributed by atoms with E-state index in [9.17, 15) is 0 Å². The van der Waals surface area contributed by atoms with Gasteiger partial charge in [-0.2, -0.15) is 0 Å². The van der Waals surface area contributed by atoms with Crippen LogP contribution in [0.15, 0.2) is 21.4 Å². The van der Waals surface area contributed by atoms with Crippen LogP contribution in [0.2, 0.25) is 0 Å². The van der Waals surface area contributed by atoms with Crippen molar-refractivity contribution in [2.24, 2.45) is 15.9 Å². The molecule has 0 radical (unpaired) electrons. The summed E-state index contributed by atoms with van der Waals surface area (Å²) in [6.07, 6.45) is 7.38. The number of aliphatic imine (C=N–C) groups is 2. The Morgan fingerprint density at radius 1 is 1.42 bits per heavy atom. The fraction of sp³-hybridized carbons (Fsp3) is 0.750. The lowest BCUT2D eigenvalue weighted by Gasteiger charge is -2.40. The van der Waals surface area contributed by atoms with Crippen LogP contribution in [0.25, 0.3) is 0 Å². The Labute approximate surface area is 118 Å². The molecule has 3 heteroatoms. The Morgan fingerprint density at radius 3 is 2.53 bits per heavy atom. The first-order chi connectivity index (χ1) is 8.96. The maximum absolute atomic E-state index is 4.54. The van der Waals surface area contributed by atoms with Gasteiger partial charge in [-0.05, 0) is 44.6 Å². The fourth-order valence-electron chi connectivity index (χ4n) is 2.03. The molecule has 0 fully saturated rings. The molecule has 1 unspecified atom stereocenters. The molecule has 0 aromatic rings. The predicted octanol–water partition coefficient (Wildman–Crippen LogP) is 4.26. The fourth-order valence-corrected chi connectivity index (χ4v) is 2.03. The monoisotopic (exact) mass is 263 g/mol. The minimum absolute atomic E-state index is 0.205. The highest BCUT2D eigenvalue weighted by Gasteiger charge is 2.28. The Hall–Kier alpha value is -1.12. The Bertz CT molecular complexity index is 375. The van der Waals surface area contributed by atoms with E-state index in [1.165, 1.54) is 5.57 Å². The van der Waals surface area contributed by atoms with Crippen LogP contribution < -0.4 is 0 Å². The quantitative estimate of drug-likeness (QED) is 0.658. The van der Waals surface area contributed by atoms with Gasteiger partial charge in [-0.25, -0.2) is 9.98 Å². The van der Waals surface area contributed by atoms with Gasteiger partial charge >= 0.3 is 0 Å². The van der Waals surface area contributed by atoms with Crippen molar-refractivity contribution in [3.8, 4) is 0 Å². The largest absolute Gasteiger partial charge is 0.353 e. The number of hydrogen-bond acceptors (Lipinski definition) is 3. The highest BCUT2D eigenvalue weighted by molar-refractivity contribution is 5.65. The zero-order valence-electron chi connectivity index (χ0n) is 13.4. The summed E-state index contributed by atoms with van der Waals surface area (Å²) in [5.74, 6) is 1.41. The minimum Gasteiger partial charge on any atom is -0.353 e. The first-order valence-corrected chi connectivity index (χ1v) is 7.51. The van der Waals surface area contributed by atoms with E-state index >= 15 is 0 Å². The molecule has 0 saturated heterocycles. The van der Waals surface area contributed by atoms with E-state index in [4.69, 9.17) is 0 Å². The van der Waals surface area contributed by atoms with Gasteiger partial charge in [0.05, 0.1) is 6.34 Å². The zero-order chi connectivity index (χ0) is 14.5. The van der Waals surface area contributed by atoms with Crippen molar-refractivity contribution in [1.29, 1.82) is 0 Å². The molecule has 1 atom stereocenters. The van der Waals surface area contributed by atoms with Gasteiger partial charge in [-0.3, -0.25) is 0 Å². The van der Waals surface area contributed by atoms with E-state index in [0.29, 0.717) is 5.92 Å². The number of hydrogen-bond donors (Lipinski definition) is 0. The number of rotatable bonds is 6. The van der Waals surface area contributed by atoms with E-state index in [1.54, 1.807) is 0 Å². The summed E-state index contributed by atoms with van der Waals surface area (Å²) in [6, 6.07) is 0. The molecule has 0 aromatic heterocycles. The highest BCUT2D eigenvalue weighted by atomic mass is 15.2. The molecule has 1 aliphatic rings. The second kappa shape index (κ2) is 6.88. The summed E-state index contributed by atoms with van der Waals surface area (Å²) in [7, 11) is 0. The van der Waals surface area contributed by atoms with E-state index in [-0.39, 0.29) is 5.54 Å². The maximum atomic E-state index is 4.54. The minimum atomic E-state index is 0.205. The summed E-state index contributed by atoms with van der Waals surface area (Å²) in [5.41, 5.74) is 1.46. The summed E-state index contributed by atoms with van der Waals surface area (Å²) in [4.78, 5) is 11.4. The SMILES string of the molecule is CCC(C)/C=N\C1=C(C)CN(C(C)(CC)CC)C=N1. The molecular formula is C16H29N3. The molecule has 0 bridgehead atoms. The molecule has 0 spiro atoms. The summed E-state index contributed by atoms with van der Waals surface area (Å²) in [5, 5.41) is 0. The van der Waals surface area contributed by atoms with Gasteiger partial charge < -0.3 is 4.90 Å². The van der Waals surface area contributed by atoms with Crippen LogP contribution in [0.5, 0.6) is 0 Å². The summed E-state index contributed by atoms with van der Waals surface area (Å²) >= 11 is 0. The Morgan fingerprint density at radius 2 is 2.05 bits per heavy atom. The molecule has 0 aliphatic carbocycles. The van der Waals surface area contributed by atoms with Crippen molar-refractivity contribution in [2.45, 2.75) is 66.3 Å². The average Bonchev–Trinajstić information content (AvgIpc) is 2.44. The lowest BCUT2D eigenvalue weighted by atomic mass is 9.93. The highest BCUT2D eigenvalue weighted by Crippen LogP contribution is 2.26. The average molecular weight is 263 g/mol. The van der Waals surface area contributed by atoms with E-state index in [2.05, 4.69) is 56.4 Å². The first-order valence-electron chi connectivity index (χ1n) is 7.51. The van der Waals surface area contributed by atoms with Gasteiger partial charge in [0.25, 0.3) is 0 Å². The second-order valence-electron chi connectivity index (χ2n) is 5.84. The Balaban J connectivity index is 2.79. The first kappa shape index (κ1) is 15.9. The van der Waals surface area contributed by atoms with Crippen LogP contribution in [0.1, 0.15) is 60.8 Å². The van der Waals surface area contributed by atoms with Crippen LogP contribution in [0.4, 0.5) is 0 Å². The summed E-state index contributed by atoms with van der Waals surface area (Å²) < 4.78 is 0. The van der Waals surface area contributed by atoms with Gasteiger partial charge in [0.2, 0.25) is 0 Å². The molecule has 19 heavy (non-hydrogen) atoms. The molecule has 1 rings (SSSR count). The molecular weight excluding hydrogens is 234 g/mol. The van der Waals surface area contributed by atoms with Gasteiger partial charge in [0.1, 0.15) is 0 Å². The van der Waals surface area contributed by atoms with Crippen LogP contribution in [-0.2, 0) is 0 Å². The van der Waals surface area contributed by atoms with E-state index in [1.807, 2.05) is 12.6 Å².